The van der Waals surface area contributed by atoms with Crippen LogP contribution in [0.15, 0.2) is 54.7 Å². The first-order valence-electron chi connectivity index (χ1n) is 8.61. The Morgan fingerprint density at radius 3 is 2.68 bits per heavy atom. The largest absolute Gasteiger partial charge is 0.501 e. The predicted molar refractivity (Wildman–Crippen MR) is 104 cm³/mol. The van der Waals surface area contributed by atoms with Gasteiger partial charge >= 0.3 is 11.7 Å². The zero-order valence-corrected chi connectivity index (χ0v) is 15.2. The van der Waals surface area contributed by atoms with E-state index in [4.69, 9.17) is 9.84 Å². The number of phenolic OH excluding ortho intramolecular Hbond substituents is 1. The highest BCUT2D eigenvalue weighted by atomic mass is 16.6. The van der Waals surface area contributed by atoms with Crippen LogP contribution in [0.3, 0.4) is 0 Å². The van der Waals surface area contributed by atoms with Crippen LogP contribution in [0.1, 0.15) is 30.1 Å². The molecule has 0 spiro atoms. The van der Waals surface area contributed by atoms with Crippen LogP contribution in [-0.4, -0.2) is 32.7 Å². The molecule has 0 unspecified atom stereocenters. The molecular weight excluding hydrogens is 364 g/mol. The van der Waals surface area contributed by atoms with E-state index in [0.29, 0.717) is 17.7 Å². The lowest BCUT2D eigenvalue weighted by Gasteiger charge is -2.05. The van der Waals surface area contributed by atoms with Gasteiger partial charge in [-0.15, -0.1) is 0 Å². The number of carboxylic acid groups (broad SMARTS) is 1. The smallest absolute Gasteiger partial charge is 0.335 e. The highest BCUT2D eigenvalue weighted by Crippen LogP contribution is 2.32. The Balaban J connectivity index is 0.000000200. The molecule has 3 aromatic rings. The summed E-state index contributed by atoms with van der Waals surface area (Å²) in [6.07, 6.45) is 3.53. The SMILES string of the molecule is CCCCOc1cccc(C(=O)O)c1.O=[N+]([O-])c1ccc2cccnc2c1O. The first kappa shape index (κ1) is 20.6. The van der Waals surface area contributed by atoms with E-state index < -0.39 is 10.9 Å². The van der Waals surface area contributed by atoms with Crippen LogP contribution in [0.2, 0.25) is 0 Å². The van der Waals surface area contributed by atoms with Crippen molar-refractivity contribution in [3.8, 4) is 11.5 Å². The number of rotatable bonds is 6. The molecule has 0 atom stereocenters. The maximum Gasteiger partial charge on any atom is 0.335 e. The number of hydrogen-bond acceptors (Lipinski definition) is 6. The van der Waals surface area contributed by atoms with Gasteiger partial charge in [-0.05, 0) is 36.8 Å². The zero-order chi connectivity index (χ0) is 20.5. The van der Waals surface area contributed by atoms with E-state index in [-0.39, 0.29) is 22.5 Å². The van der Waals surface area contributed by atoms with Gasteiger partial charge in [0.25, 0.3) is 0 Å². The fourth-order valence-electron chi connectivity index (χ4n) is 2.32. The number of unbranched alkanes of at least 4 members (excludes halogenated alkanes) is 1. The molecule has 1 heterocycles. The Hall–Kier alpha value is -3.68. The van der Waals surface area contributed by atoms with Crippen LogP contribution in [0.25, 0.3) is 10.9 Å². The normalized spacial score (nSPS) is 10.0. The molecule has 2 aromatic carbocycles. The third-order valence-electron chi connectivity index (χ3n) is 3.77. The molecule has 0 saturated heterocycles. The number of pyridine rings is 1. The summed E-state index contributed by atoms with van der Waals surface area (Å²) in [5.41, 5.74) is 0.192. The lowest BCUT2D eigenvalue weighted by atomic mass is 10.2. The second-order valence-electron chi connectivity index (χ2n) is 5.80. The first-order chi connectivity index (χ1) is 13.4. The number of nitro benzene ring substituents is 1. The van der Waals surface area contributed by atoms with Gasteiger partial charge in [-0.25, -0.2) is 4.79 Å². The fourth-order valence-corrected chi connectivity index (χ4v) is 2.32. The molecule has 0 radical (unpaired) electrons. The van der Waals surface area contributed by atoms with Gasteiger partial charge in [0.1, 0.15) is 11.3 Å². The lowest BCUT2D eigenvalue weighted by Crippen LogP contribution is -1.99. The van der Waals surface area contributed by atoms with E-state index >= 15 is 0 Å². The third kappa shape index (κ3) is 5.41. The summed E-state index contributed by atoms with van der Waals surface area (Å²) in [7, 11) is 0. The number of hydrogen-bond donors (Lipinski definition) is 2. The Kier molecular flexibility index (Phi) is 7.27. The minimum atomic E-state index is -0.925. The van der Waals surface area contributed by atoms with E-state index in [2.05, 4.69) is 11.9 Å². The summed E-state index contributed by atoms with van der Waals surface area (Å²) in [5, 5.41) is 29.4. The fraction of sp³-hybridized carbons (Fsp3) is 0.200. The molecule has 3 rings (SSSR count). The number of phenols is 1. The van der Waals surface area contributed by atoms with E-state index in [1.165, 1.54) is 18.3 Å². The molecule has 8 heteroatoms. The quantitative estimate of drug-likeness (QED) is 0.366. The van der Waals surface area contributed by atoms with Gasteiger partial charge in [-0.2, -0.15) is 0 Å². The molecule has 0 amide bonds. The number of aromatic nitrogens is 1. The number of nitrogens with zero attached hydrogens (tertiary/aromatic N) is 2. The number of aromatic hydroxyl groups is 1. The summed E-state index contributed by atoms with van der Waals surface area (Å²) < 4.78 is 5.37. The van der Waals surface area contributed by atoms with Crippen molar-refractivity contribution in [2.75, 3.05) is 6.61 Å². The zero-order valence-electron chi connectivity index (χ0n) is 15.2. The first-order valence-corrected chi connectivity index (χ1v) is 8.61. The number of benzene rings is 2. The van der Waals surface area contributed by atoms with Crippen LogP contribution >= 0.6 is 0 Å². The number of aromatic carboxylic acids is 1. The Morgan fingerprint density at radius 2 is 2.00 bits per heavy atom. The van der Waals surface area contributed by atoms with Gasteiger partial charge in [0.05, 0.1) is 17.1 Å². The number of carboxylic acids is 1. The maximum atomic E-state index is 10.6. The summed E-state index contributed by atoms with van der Waals surface area (Å²) in [4.78, 5) is 24.3. The molecule has 146 valence electrons. The van der Waals surface area contributed by atoms with Gasteiger partial charge < -0.3 is 14.9 Å². The maximum absolute atomic E-state index is 10.6. The highest BCUT2D eigenvalue weighted by Gasteiger charge is 2.16. The van der Waals surface area contributed by atoms with Crippen molar-refractivity contribution in [3.05, 3.63) is 70.4 Å². The molecule has 0 aliphatic carbocycles. The van der Waals surface area contributed by atoms with E-state index in [1.807, 2.05) is 0 Å². The van der Waals surface area contributed by atoms with Crippen molar-refractivity contribution in [2.24, 2.45) is 0 Å². The van der Waals surface area contributed by atoms with E-state index in [1.54, 1.807) is 36.4 Å². The van der Waals surface area contributed by atoms with Gasteiger partial charge in [-0.1, -0.05) is 25.5 Å². The number of nitro groups is 1. The summed E-state index contributed by atoms with van der Waals surface area (Å²) in [6, 6.07) is 12.8. The summed E-state index contributed by atoms with van der Waals surface area (Å²) in [5.74, 6) is -0.683. The average molecular weight is 384 g/mol. The monoisotopic (exact) mass is 384 g/mol. The molecule has 0 bridgehead atoms. The van der Waals surface area contributed by atoms with Crippen molar-refractivity contribution < 1.29 is 24.7 Å². The molecule has 8 nitrogen and oxygen atoms in total. The summed E-state index contributed by atoms with van der Waals surface area (Å²) >= 11 is 0. The number of fused-ring (bicyclic) bond motifs is 1. The molecule has 0 fully saturated rings. The van der Waals surface area contributed by atoms with Crippen LogP contribution in [0, 0.1) is 10.1 Å². The van der Waals surface area contributed by atoms with Gasteiger partial charge in [-0.3, -0.25) is 15.1 Å². The van der Waals surface area contributed by atoms with Crippen LogP contribution < -0.4 is 4.74 Å². The van der Waals surface area contributed by atoms with Crippen LogP contribution in [0.4, 0.5) is 5.69 Å². The predicted octanol–water partition coefficient (Wildman–Crippen LogP) is 4.41. The van der Waals surface area contributed by atoms with Crippen molar-refractivity contribution in [3.63, 3.8) is 0 Å². The van der Waals surface area contributed by atoms with Crippen molar-refractivity contribution >= 4 is 22.6 Å². The second kappa shape index (κ2) is 9.86. The number of ether oxygens (including phenoxy) is 1. The molecule has 0 aliphatic rings. The number of carbonyl (C=O) groups is 1. The highest BCUT2D eigenvalue weighted by molar-refractivity contribution is 5.88. The van der Waals surface area contributed by atoms with E-state index in [0.717, 1.165) is 12.8 Å². The third-order valence-corrected chi connectivity index (χ3v) is 3.77. The molecular formula is C20H20N2O6. The van der Waals surface area contributed by atoms with E-state index in [9.17, 15) is 20.0 Å². The summed E-state index contributed by atoms with van der Waals surface area (Å²) in [6.45, 7) is 2.72. The van der Waals surface area contributed by atoms with Crippen molar-refractivity contribution in [2.45, 2.75) is 19.8 Å². The van der Waals surface area contributed by atoms with Crippen molar-refractivity contribution in [1.29, 1.82) is 0 Å². The minimum absolute atomic E-state index is 0.252. The molecule has 0 saturated carbocycles. The molecule has 0 aliphatic heterocycles. The van der Waals surface area contributed by atoms with Crippen molar-refractivity contribution in [1.82, 2.24) is 4.98 Å². The van der Waals surface area contributed by atoms with Gasteiger partial charge in [0, 0.05) is 17.6 Å². The van der Waals surface area contributed by atoms with Crippen LogP contribution in [-0.2, 0) is 0 Å². The Labute approximate surface area is 161 Å². The van der Waals surface area contributed by atoms with Gasteiger partial charge in [0.15, 0.2) is 0 Å². The molecule has 28 heavy (non-hydrogen) atoms. The molecule has 1 aromatic heterocycles. The average Bonchev–Trinajstić information content (AvgIpc) is 2.69. The van der Waals surface area contributed by atoms with Crippen LogP contribution in [0.5, 0.6) is 11.5 Å². The standard InChI is InChI=1S/C11H14O3.C9H6N2O3/c1-2-3-7-14-10-6-4-5-9(8-10)11(12)13;12-9-7(11(13)14)4-3-6-2-1-5-10-8(6)9/h4-6,8H,2-3,7H2,1H3,(H,12,13);1-5,12H. The lowest BCUT2D eigenvalue weighted by molar-refractivity contribution is -0.385. The Morgan fingerprint density at radius 1 is 1.21 bits per heavy atom. The second-order valence-corrected chi connectivity index (χ2v) is 5.80. The Bertz CT molecular complexity index is 974. The van der Waals surface area contributed by atoms with Gasteiger partial charge in [0.2, 0.25) is 5.75 Å². The topological polar surface area (TPSA) is 123 Å². The molecule has 2 N–H and O–H groups in total. The minimum Gasteiger partial charge on any atom is -0.501 e.